The highest BCUT2D eigenvalue weighted by Crippen LogP contribution is 2.16. The second-order valence-electron chi connectivity index (χ2n) is 21.1. The molecule has 0 aromatic heterocycles. The van der Waals surface area contributed by atoms with E-state index >= 15 is 0 Å². The van der Waals surface area contributed by atoms with Crippen LogP contribution in [0.5, 0.6) is 0 Å². The van der Waals surface area contributed by atoms with Crippen molar-refractivity contribution in [2.75, 3.05) is 27.2 Å². The first-order chi connectivity index (χ1) is 56.2. The molecule has 9 aromatic carbocycles. The van der Waals surface area contributed by atoms with Gasteiger partial charge in [0.25, 0.3) is 0 Å². The van der Waals surface area contributed by atoms with Crippen molar-refractivity contribution in [2.45, 2.75) is 125 Å². The lowest BCUT2D eigenvalue weighted by atomic mass is 10.1. The molecule has 0 unspecified atom stereocenters. The predicted octanol–water partition coefficient (Wildman–Crippen LogP) is 20.0. The number of aliphatic imine (C=N–C) groups is 8. The number of hydrogen-bond donors (Lipinski definition) is 1. The molecule has 0 aliphatic carbocycles. The quantitative estimate of drug-likeness (QED) is 0.0187. The number of halogens is 2. The Morgan fingerprint density at radius 1 is 0.316 bits per heavy atom. The standard InChI is InChI=1S/C14H11NO.7C10H11NO.C2H3N.C2H6O.2C2H6.CH3Cl.CH3F/c16-11-15-9-3-4-12-7-8-13-5-1-2-6-14(13)10-12;7*12-9-11-8-4-7-10-5-2-1-3-6-10;1-3-2;1-2-3;4*1-2/h1-11H;7*1-3,5-6,8-9H,4,7H2;1H3;3H,2H2,1H3;2*1-2H3;2*1H3/b4-3+,15-9?;;;;;;;;;;;;;. The number of fused-ring (bicyclic) bond motifs is 1. The van der Waals surface area contributed by atoms with Crippen LogP contribution in [0.2, 0.25) is 0 Å². The third-order valence-electron chi connectivity index (χ3n) is 13.3. The maximum absolute atomic E-state index is 9.96. The molecule has 8 amide bonds. The summed E-state index contributed by atoms with van der Waals surface area (Å²) < 4.78 is 9.50. The minimum Gasteiger partial charge on any atom is -0.397 e. The van der Waals surface area contributed by atoms with Crippen LogP contribution in [-0.2, 0) is 83.3 Å². The Kier molecular flexibility index (Phi) is 93.0. The summed E-state index contributed by atoms with van der Waals surface area (Å²) in [7, 11) is 1.92. The second kappa shape index (κ2) is 96.4. The molecule has 18 nitrogen and oxygen atoms in total. The molecule has 0 aliphatic heterocycles. The summed E-state index contributed by atoms with van der Waals surface area (Å²) in [5.74, 6) is 0. The molecule has 0 spiro atoms. The molecule has 1 N–H and O–H groups in total. The third kappa shape index (κ3) is 77.5. The minimum atomic E-state index is 0.250. The molecule has 114 heavy (non-hydrogen) atoms. The summed E-state index contributed by atoms with van der Waals surface area (Å²) in [5, 5.41) is 10.00. The van der Waals surface area contributed by atoms with Crippen molar-refractivity contribution in [3.05, 3.63) is 317 Å². The van der Waals surface area contributed by atoms with Gasteiger partial charge in [-0.3, -0.25) is 42.7 Å². The van der Waals surface area contributed by atoms with Gasteiger partial charge in [-0.2, -0.15) is 0 Å². The van der Waals surface area contributed by atoms with Crippen LogP contribution in [0.15, 0.2) is 301 Å². The maximum atomic E-state index is 9.96. The zero-order chi connectivity index (χ0) is 85.2. The van der Waals surface area contributed by atoms with Crippen LogP contribution in [0.3, 0.4) is 0 Å². The molecule has 9 aromatic rings. The summed E-state index contributed by atoms with van der Waals surface area (Å²) in [5.41, 5.74) is 10.0. The van der Waals surface area contributed by atoms with Gasteiger partial charge in [0.1, 0.15) is 0 Å². The number of alkyl halides is 2. The molecule has 9 rings (SSSR count). The van der Waals surface area contributed by atoms with Crippen molar-refractivity contribution in [1.82, 2.24) is 0 Å². The van der Waals surface area contributed by atoms with E-state index in [1.807, 2.05) is 179 Å². The van der Waals surface area contributed by atoms with Crippen molar-refractivity contribution in [2.24, 2.45) is 39.9 Å². The van der Waals surface area contributed by atoms with Crippen LogP contribution in [0.1, 0.15) is 124 Å². The Balaban J connectivity index is -0.000000388. The monoisotopic (exact) mass is 1570 g/mol. The van der Waals surface area contributed by atoms with Gasteiger partial charge in [-0.25, -0.2) is 46.5 Å². The van der Waals surface area contributed by atoms with Crippen molar-refractivity contribution in [3.8, 4) is 0 Å². The number of carbonyl (C=O) groups excluding carboxylic acids is 8. The number of aryl methyl sites for hydroxylation is 7. The van der Waals surface area contributed by atoms with Crippen LogP contribution in [-0.4, -0.2) is 133 Å². The van der Waals surface area contributed by atoms with Crippen molar-refractivity contribution in [1.29, 1.82) is 0 Å². The number of benzene rings is 9. The van der Waals surface area contributed by atoms with E-state index in [-0.39, 0.29) is 6.61 Å². The van der Waals surface area contributed by atoms with Crippen LogP contribution >= 0.6 is 11.6 Å². The highest BCUT2D eigenvalue weighted by Gasteiger charge is 1.95. The van der Waals surface area contributed by atoms with Gasteiger partial charge in [0, 0.05) is 62.7 Å². The lowest BCUT2D eigenvalue weighted by Crippen LogP contribution is -1.85. The number of rotatable bonds is 31. The molecular formula is C94H115ClFN9O9. The summed E-state index contributed by atoms with van der Waals surface area (Å²) in [6, 6.07) is 85.3. The molecule has 0 radical (unpaired) electrons. The van der Waals surface area contributed by atoms with E-state index < -0.39 is 0 Å². The summed E-state index contributed by atoms with van der Waals surface area (Å²) >= 11 is 4.64. The van der Waals surface area contributed by atoms with Crippen molar-refractivity contribution < 1.29 is 47.9 Å². The van der Waals surface area contributed by atoms with Gasteiger partial charge >= 0.3 is 0 Å². The molecule has 0 aliphatic rings. The van der Waals surface area contributed by atoms with E-state index in [0.717, 1.165) is 95.5 Å². The minimum absolute atomic E-state index is 0.250. The van der Waals surface area contributed by atoms with Crippen LogP contribution in [0.25, 0.3) is 21.7 Å². The molecule has 20 heteroatoms. The van der Waals surface area contributed by atoms with Gasteiger partial charge in [0.05, 0.1) is 7.18 Å². The van der Waals surface area contributed by atoms with Crippen molar-refractivity contribution in [3.63, 3.8) is 0 Å². The van der Waals surface area contributed by atoms with Crippen LogP contribution in [0, 0.1) is 6.57 Å². The fourth-order valence-electron chi connectivity index (χ4n) is 8.50. The van der Waals surface area contributed by atoms with Gasteiger partial charge in [-0.05, 0) is 164 Å². The Hall–Kier alpha value is -12.6. The number of allylic oxidation sites excluding steroid dienone is 1. The lowest BCUT2D eigenvalue weighted by Gasteiger charge is -1.98. The number of hydrogen-bond acceptors (Lipinski definition) is 9. The molecule has 0 fully saturated rings. The molecule has 0 saturated carbocycles. The van der Waals surface area contributed by atoms with Gasteiger partial charge < -0.3 is 9.95 Å². The highest BCUT2D eigenvalue weighted by molar-refractivity contribution is 6.15. The summed E-state index contributed by atoms with van der Waals surface area (Å²) in [6.07, 6.45) is 34.9. The summed E-state index contributed by atoms with van der Waals surface area (Å²) in [4.78, 5) is 109. The lowest BCUT2D eigenvalue weighted by molar-refractivity contribution is -0.107. The van der Waals surface area contributed by atoms with Gasteiger partial charge in [0.15, 0.2) is 0 Å². The third-order valence-corrected chi connectivity index (χ3v) is 13.3. The van der Waals surface area contributed by atoms with Crippen LogP contribution in [0.4, 0.5) is 4.39 Å². The average molecular weight is 1570 g/mol. The molecule has 0 bridgehead atoms. The van der Waals surface area contributed by atoms with E-state index in [4.69, 9.17) is 11.7 Å². The van der Waals surface area contributed by atoms with Gasteiger partial charge in [-0.15, -0.1) is 11.6 Å². The van der Waals surface area contributed by atoms with E-state index in [9.17, 15) is 42.7 Å². The van der Waals surface area contributed by atoms with Crippen LogP contribution < -0.4 is 0 Å². The fourth-order valence-corrected chi connectivity index (χ4v) is 8.50. The first-order valence-electron chi connectivity index (χ1n) is 36.9. The topological polar surface area (TPSA) is 260 Å². The van der Waals surface area contributed by atoms with E-state index in [1.165, 1.54) is 69.4 Å². The molecule has 0 saturated heterocycles. The second-order valence-corrected chi connectivity index (χ2v) is 21.1. The largest absolute Gasteiger partial charge is 0.397 e. The number of aliphatic hydroxyl groups is 1. The van der Waals surface area contributed by atoms with E-state index in [2.05, 4.69) is 166 Å². The number of amides is 8. The van der Waals surface area contributed by atoms with Gasteiger partial charge in [0.2, 0.25) is 58.3 Å². The predicted molar refractivity (Wildman–Crippen MR) is 480 cm³/mol. The molecule has 604 valence electrons. The highest BCUT2D eigenvalue weighted by atomic mass is 35.5. The zero-order valence-electron chi connectivity index (χ0n) is 67.2. The molecule has 0 heterocycles. The number of carbonyl (C=O) groups is 8. The Bertz CT molecular complexity index is 3420. The van der Waals surface area contributed by atoms with Gasteiger partial charge in [-0.1, -0.05) is 282 Å². The average Bonchev–Trinajstić information content (AvgIpc) is 0.846. The van der Waals surface area contributed by atoms with Crippen molar-refractivity contribution >= 4 is 129 Å². The first kappa shape index (κ1) is 110. The number of aliphatic hydroxyl groups excluding tert-OH is 1. The maximum Gasteiger partial charge on any atom is 0.232 e. The summed E-state index contributed by atoms with van der Waals surface area (Å²) in [6.45, 7) is 15.8. The number of nitrogens with zero attached hydrogens (tertiary/aromatic N) is 9. The Morgan fingerprint density at radius 3 is 0.675 bits per heavy atom. The first-order valence-corrected chi connectivity index (χ1v) is 37.7. The SMILES string of the molecule is CC.CC.CCO.CCl.CF.O=CN=C/C=C/c1ccc2ccccc2c1.O=CN=CCCc1ccccc1.O=CN=CCCc1ccccc1.O=CN=CCCc1ccccc1.O=CN=CCCc1ccccc1.O=CN=CCCc1ccccc1.O=CN=CCCc1ccccc1.O=CN=CCCc1ccccc1.[C-]#[N+]C. The Morgan fingerprint density at radius 2 is 0.491 bits per heavy atom. The molecule has 0 atom stereocenters. The smallest absolute Gasteiger partial charge is 0.232 e. The Labute approximate surface area is 682 Å². The van der Waals surface area contributed by atoms with E-state index in [0.29, 0.717) is 58.5 Å². The normalized spacial score (nSPS) is 9.67. The molecular weight excluding hydrogens is 1450 g/mol. The zero-order valence-corrected chi connectivity index (χ0v) is 68.0. The fraction of sp³-hybridized carbons (Fsp3) is 0.245. The van der Waals surface area contributed by atoms with E-state index in [1.54, 1.807) is 56.5 Å².